The number of aromatic nitrogens is 1. The van der Waals surface area contributed by atoms with E-state index in [1.54, 1.807) is 27.9 Å². The molecule has 5 heteroatoms. The molecular weight excluding hydrogens is 234 g/mol. The van der Waals surface area contributed by atoms with E-state index in [1.165, 1.54) is 10.6 Å². The van der Waals surface area contributed by atoms with Gasteiger partial charge in [0.25, 0.3) is 5.56 Å². The van der Waals surface area contributed by atoms with Crippen molar-refractivity contribution in [3.8, 4) is 0 Å². The molecule has 0 spiro atoms. The molecule has 0 unspecified atom stereocenters. The topological polar surface area (TPSA) is 57.5 Å². The van der Waals surface area contributed by atoms with Gasteiger partial charge >= 0.3 is 5.97 Å². The smallest absolute Gasteiger partial charge is 0.340 e. The minimum Gasteiger partial charge on any atom is -0.462 e. The zero-order valence-electron chi connectivity index (χ0n) is 11.3. The van der Waals surface area contributed by atoms with E-state index in [1.807, 2.05) is 0 Å². The molecule has 0 aliphatic heterocycles. The normalized spacial score (nSPS) is 10.4. The first kappa shape index (κ1) is 14.4. The quantitative estimate of drug-likeness (QED) is 0.742. The lowest BCUT2D eigenvalue weighted by atomic mass is 10.1. The molecular formula is C13H19NO4. The van der Waals surface area contributed by atoms with Gasteiger partial charge in [-0.2, -0.15) is 0 Å². The molecule has 0 bridgehead atoms. The van der Waals surface area contributed by atoms with Gasteiger partial charge in [-0.05, 0) is 26.3 Å². The number of hydrogen-bond acceptors (Lipinski definition) is 4. The van der Waals surface area contributed by atoms with Gasteiger partial charge in [0.15, 0.2) is 0 Å². The summed E-state index contributed by atoms with van der Waals surface area (Å²) in [5, 5.41) is 0. The maximum atomic E-state index is 11.9. The summed E-state index contributed by atoms with van der Waals surface area (Å²) in [6, 6.07) is 1.45. The summed E-state index contributed by atoms with van der Waals surface area (Å²) in [5.74, 6) is -0.390. The molecule has 0 saturated carbocycles. The summed E-state index contributed by atoms with van der Waals surface area (Å²) in [6.07, 6.45) is 0. The second-order valence-electron chi connectivity index (χ2n) is 3.99. The maximum absolute atomic E-state index is 11.9. The number of hydrogen-bond donors (Lipinski definition) is 0. The summed E-state index contributed by atoms with van der Waals surface area (Å²) < 4.78 is 11.5. The Morgan fingerprint density at radius 3 is 2.61 bits per heavy atom. The lowest BCUT2D eigenvalue weighted by Crippen LogP contribution is -2.27. The molecule has 18 heavy (non-hydrogen) atoms. The van der Waals surface area contributed by atoms with Gasteiger partial charge in [-0.25, -0.2) is 4.79 Å². The van der Waals surface area contributed by atoms with E-state index in [4.69, 9.17) is 9.47 Å². The van der Waals surface area contributed by atoms with Crippen molar-refractivity contribution in [2.45, 2.75) is 27.3 Å². The summed E-state index contributed by atoms with van der Waals surface area (Å²) in [6.45, 7) is 6.40. The Bertz CT molecular complexity index is 490. The number of rotatable bonds is 5. The number of pyridine rings is 1. The van der Waals surface area contributed by atoms with Gasteiger partial charge in [0, 0.05) is 25.4 Å². The fraction of sp³-hybridized carbons (Fsp3) is 0.538. The van der Waals surface area contributed by atoms with Gasteiger partial charge in [0.1, 0.15) is 0 Å². The second kappa shape index (κ2) is 6.35. The molecule has 1 heterocycles. The number of methoxy groups -OCH3 is 1. The molecule has 0 aromatic carbocycles. The molecule has 0 amide bonds. The molecule has 5 nitrogen and oxygen atoms in total. The molecule has 0 N–H and O–H groups in total. The number of carbonyl (C=O) groups excluding carboxylic acids is 1. The molecule has 0 aliphatic rings. The number of carbonyl (C=O) groups is 1. The first-order chi connectivity index (χ1) is 8.52. The van der Waals surface area contributed by atoms with Gasteiger partial charge in [-0.1, -0.05) is 0 Å². The van der Waals surface area contributed by atoms with E-state index in [2.05, 4.69) is 0 Å². The van der Waals surface area contributed by atoms with Crippen LogP contribution in [0.15, 0.2) is 10.9 Å². The van der Waals surface area contributed by atoms with Crippen molar-refractivity contribution in [1.29, 1.82) is 0 Å². The first-order valence-corrected chi connectivity index (χ1v) is 5.90. The number of nitrogens with zero attached hydrogens (tertiary/aromatic N) is 1. The van der Waals surface area contributed by atoms with E-state index in [9.17, 15) is 9.59 Å². The van der Waals surface area contributed by atoms with Crippen molar-refractivity contribution >= 4 is 5.97 Å². The lowest BCUT2D eigenvalue weighted by molar-refractivity contribution is 0.0523. The van der Waals surface area contributed by atoms with Crippen molar-refractivity contribution in [2.24, 2.45) is 0 Å². The van der Waals surface area contributed by atoms with E-state index in [0.29, 0.717) is 36.6 Å². The summed E-state index contributed by atoms with van der Waals surface area (Å²) in [4.78, 5) is 23.7. The van der Waals surface area contributed by atoms with Crippen LogP contribution in [-0.4, -0.2) is 30.9 Å². The number of ether oxygens (including phenoxy) is 2. The van der Waals surface area contributed by atoms with Crippen molar-refractivity contribution in [3.05, 3.63) is 33.2 Å². The molecule has 0 radical (unpaired) electrons. The van der Waals surface area contributed by atoms with Gasteiger partial charge in [-0.15, -0.1) is 0 Å². The van der Waals surface area contributed by atoms with E-state index in [-0.39, 0.29) is 5.56 Å². The van der Waals surface area contributed by atoms with Crippen LogP contribution in [-0.2, 0) is 16.0 Å². The van der Waals surface area contributed by atoms with Crippen molar-refractivity contribution < 1.29 is 14.3 Å². The first-order valence-electron chi connectivity index (χ1n) is 5.90. The second-order valence-corrected chi connectivity index (χ2v) is 3.99. The average Bonchev–Trinajstić information content (AvgIpc) is 2.28. The van der Waals surface area contributed by atoms with E-state index in [0.717, 1.165) is 0 Å². The Balaban J connectivity index is 3.26. The average molecular weight is 253 g/mol. The Morgan fingerprint density at radius 2 is 2.06 bits per heavy atom. The van der Waals surface area contributed by atoms with Crippen LogP contribution in [0.4, 0.5) is 0 Å². The van der Waals surface area contributed by atoms with Crippen molar-refractivity contribution in [1.82, 2.24) is 4.57 Å². The summed E-state index contributed by atoms with van der Waals surface area (Å²) >= 11 is 0. The minimum atomic E-state index is -0.390. The molecule has 100 valence electrons. The Morgan fingerprint density at radius 1 is 1.39 bits per heavy atom. The summed E-state index contributed by atoms with van der Waals surface area (Å²) in [7, 11) is 1.57. The van der Waals surface area contributed by atoms with Gasteiger partial charge in [0.2, 0.25) is 0 Å². The molecule has 0 saturated heterocycles. The third kappa shape index (κ3) is 2.98. The molecule has 0 atom stereocenters. The lowest BCUT2D eigenvalue weighted by Gasteiger charge is -2.15. The molecule has 0 fully saturated rings. The summed E-state index contributed by atoms with van der Waals surface area (Å²) in [5.41, 5.74) is 1.60. The maximum Gasteiger partial charge on any atom is 0.340 e. The van der Waals surface area contributed by atoms with Crippen LogP contribution < -0.4 is 5.56 Å². The van der Waals surface area contributed by atoms with Crippen LogP contribution in [0.5, 0.6) is 0 Å². The Kier molecular flexibility index (Phi) is 5.09. The number of esters is 1. The number of aryl methyl sites for hydroxylation is 1. The van der Waals surface area contributed by atoms with Crippen LogP contribution in [0.2, 0.25) is 0 Å². The predicted molar refractivity (Wildman–Crippen MR) is 68.0 cm³/mol. The van der Waals surface area contributed by atoms with Gasteiger partial charge < -0.3 is 14.0 Å². The van der Waals surface area contributed by atoms with Crippen LogP contribution >= 0.6 is 0 Å². The highest BCUT2D eigenvalue weighted by molar-refractivity contribution is 5.92. The monoisotopic (exact) mass is 253 g/mol. The predicted octanol–water partition coefficient (Wildman–Crippen LogP) is 1.29. The van der Waals surface area contributed by atoms with E-state index >= 15 is 0 Å². The van der Waals surface area contributed by atoms with Crippen molar-refractivity contribution in [2.75, 3.05) is 20.3 Å². The molecule has 1 aromatic rings. The molecule has 1 aromatic heterocycles. The van der Waals surface area contributed by atoms with Crippen LogP contribution in [0, 0.1) is 13.8 Å². The van der Waals surface area contributed by atoms with Gasteiger partial charge in [-0.3, -0.25) is 4.79 Å². The largest absolute Gasteiger partial charge is 0.462 e. The zero-order valence-corrected chi connectivity index (χ0v) is 11.3. The van der Waals surface area contributed by atoms with E-state index < -0.39 is 5.97 Å². The highest BCUT2D eigenvalue weighted by Crippen LogP contribution is 2.12. The Labute approximate surface area is 106 Å². The van der Waals surface area contributed by atoms with Crippen LogP contribution in [0.3, 0.4) is 0 Å². The highest BCUT2D eigenvalue weighted by atomic mass is 16.5. The fourth-order valence-corrected chi connectivity index (χ4v) is 1.89. The van der Waals surface area contributed by atoms with Gasteiger partial charge in [0.05, 0.1) is 18.8 Å². The fourth-order valence-electron chi connectivity index (χ4n) is 1.89. The Hall–Kier alpha value is -1.62. The molecule has 0 aliphatic carbocycles. The zero-order chi connectivity index (χ0) is 13.7. The van der Waals surface area contributed by atoms with Crippen LogP contribution in [0.25, 0.3) is 0 Å². The standard InChI is InChI=1S/C13H19NO4/c1-5-18-13(16)12-9(2)8-11(15)14(10(12)3)6-7-17-4/h8H,5-7H2,1-4H3. The molecule has 1 rings (SSSR count). The van der Waals surface area contributed by atoms with Crippen LogP contribution in [0.1, 0.15) is 28.5 Å². The SMILES string of the molecule is CCOC(=O)c1c(C)cc(=O)n(CCOC)c1C. The minimum absolute atomic E-state index is 0.130. The third-order valence-electron chi connectivity index (χ3n) is 2.77. The van der Waals surface area contributed by atoms with Crippen molar-refractivity contribution in [3.63, 3.8) is 0 Å². The third-order valence-corrected chi connectivity index (χ3v) is 2.77. The highest BCUT2D eigenvalue weighted by Gasteiger charge is 2.17.